The molecule has 0 N–H and O–H groups in total. The molecule has 10 aromatic carbocycles. The highest BCUT2D eigenvalue weighted by molar-refractivity contribution is 6.12. The third kappa shape index (κ3) is 4.00. The van der Waals surface area contributed by atoms with Gasteiger partial charge in [-0.05, 0) is 143 Å². The van der Waals surface area contributed by atoms with E-state index in [-0.39, 0.29) is 0 Å². The van der Waals surface area contributed by atoms with Gasteiger partial charge in [-0.15, -0.1) is 0 Å². The molecule has 2 heterocycles. The van der Waals surface area contributed by atoms with E-state index in [9.17, 15) is 0 Å². The summed E-state index contributed by atoms with van der Waals surface area (Å²) in [6, 6.07) is 71.5. The van der Waals surface area contributed by atoms with Crippen LogP contribution in [0.15, 0.2) is 199 Å². The quantitative estimate of drug-likeness (QED) is 0.176. The number of rotatable bonds is 2. The molecule has 0 atom stereocenters. The lowest BCUT2D eigenvalue weighted by Crippen LogP contribution is -2.26. The van der Waals surface area contributed by atoms with Crippen LogP contribution < -0.4 is 4.74 Å². The topological polar surface area (TPSA) is 22.4 Å². The van der Waals surface area contributed by atoms with Crippen LogP contribution in [0.1, 0.15) is 22.3 Å². The van der Waals surface area contributed by atoms with Crippen molar-refractivity contribution in [2.24, 2.45) is 0 Å². The van der Waals surface area contributed by atoms with Crippen LogP contribution in [0.3, 0.4) is 0 Å². The molecule has 0 saturated heterocycles. The summed E-state index contributed by atoms with van der Waals surface area (Å²) < 4.78 is 13.2. The Hall–Kier alpha value is -7.68. The first-order valence-electron chi connectivity index (χ1n) is 20.4. The van der Waals surface area contributed by atoms with Crippen molar-refractivity contribution in [2.45, 2.75) is 5.41 Å². The number of furan rings is 1. The number of fused-ring (bicyclic) bond motifs is 16. The van der Waals surface area contributed by atoms with Gasteiger partial charge in [0.1, 0.15) is 22.7 Å². The summed E-state index contributed by atoms with van der Waals surface area (Å²) in [6.07, 6.45) is 0. The van der Waals surface area contributed by atoms with Crippen molar-refractivity contribution in [1.82, 2.24) is 0 Å². The van der Waals surface area contributed by atoms with E-state index in [2.05, 4.69) is 182 Å². The monoisotopic (exact) mass is 748 g/mol. The largest absolute Gasteiger partial charge is 0.456 e. The molecular weight excluding hydrogens is 717 g/mol. The predicted molar refractivity (Wildman–Crippen MR) is 241 cm³/mol. The van der Waals surface area contributed by atoms with Crippen LogP contribution in [0.25, 0.3) is 99.1 Å². The average molecular weight is 749 g/mol. The first-order chi connectivity index (χ1) is 29.2. The Labute approximate surface area is 340 Å². The molecule has 3 aliphatic rings. The van der Waals surface area contributed by atoms with Gasteiger partial charge in [-0.25, -0.2) is 0 Å². The second-order valence-electron chi connectivity index (χ2n) is 16.3. The molecule has 14 rings (SSSR count). The van der Waals surface area contributed by atoms with E-state index in [1.807, 2.05) is 12.1 Å². The molecule has 2 aliphatic carbocycles. The van der Waals surface area contributed by atoms with Crippen LogP contribution in [0.2, 0.25) is 0 Å². The lowest BCUT2D eigenvalue weighted by molar-refractivity contribution is 0.487. The van der Waals surface area contributed by atoms with Crippen molar-refractivity contribution in [3.05, 3.63) is 216 Å². The number of para-hydroxylation sites is 2. The Balaban J connectivity index is 1.14. The Morgan fingerprint density at radius 3 is 1.85 bits per heavy atom. The average Bonchev–Trinajstić information content (AvgIpc) is 3.91. The van der Waals surface area contributed by atoms with E-state index in [0.717, 1.165) is 50.0 Å². The molecule has 1 aromatic heterocycles. The van der Waals surface area contributed by atoms with Crippen LogP contribution in [0.5, 0.6) is 11.5 Å². The van der Waals surface area contributed by atoms with Crippen molar-refractivity contribution in [1.29, 1.82) is 0 Å². The molecule has 1 spiro atoms. The molecule has 0 radical (unpaired) electrons. The smallest absolute Gasteiger partial charge is 0.136 e. The molecule has 2 nitrogen and oxygen atoms in total. The molecule has 1 aliphatic heterocycles. The van der Waals surface area contributed by atoms with Crippen molar-refractivity contribution in [3.63, 3.8) is 0 Å². The van der Waals surface area contributed by atoms with Crippen LogP contribution in [0, 0.1) is 0 Å². The molecule has 0 fully saturated rings. The van der Waals surface area contributed by atoms with Gasteiger partial charge in [0.15, 0.2) is 0 Å². The van der Waals surface area contributed by atoms with Gasteiger partial charge in [0.05, 0.1) is 5.41 Å². The molecule has 59 heavy (non-hydrogen) atoms. The zero-order chi connectivity index (χ0) is 38.4. The van der Waals surface area contributed by atoms with E-state index in [1.54, 1.807) is 0 Å². The van der Waals surface area contributed by atoms with Crippen LogP contribution in [-0.4, -0.2) is 0 Å². The fourth-order valence-corrected chi connectivity index (χ4v) is 11.1. The zero-order valence-electron chi connectivity index (χ0n) is 31.8. The minimum atomic E-state index is -0.537. The Kier molecular flexibility index (Phi) is 5.99. The lowest BCUT2D eigenvalue weighted by Gasteiger charge is -2.31. The van der Waals surface area contributed by atoms with Gasteiger partial charge in [0.25, 0.3) is 0 Å². The first kappa shape index (κ1) is 31.4. The maximum atomic E-state index is 6.60. The van der Waals surface area contributed by atoms with Gasteiger partial charge < -0.3 is 9.15 Å². The SMILES string of the molecule is c1ccc2c(c1)Oc1ccc(-c3cc(-c4ccc5c(c4)oc4ccccc45)c4c(c3)C3(c5ccccc5-c5ccccc53)c3cc5ccccc5cc3-4)c3cccc-2c13. The molecule has 0 unspecified atom stereocenters. The van der Waals surface area contributed by atoms with E-state index >= 15 is 0 Å². The summed E-state index contributed by atoms with van der Waals surface area (Å²) in [5.41, 5.74) is 18.7. The summed E-state index contributed by atoms with van der Waals surface area (Å²) in [5.74, 6) is 1.79. The molecule has 0 bridgehead atoms. The van der Waals surface area contributed by atoms with Gasteiger partial charge in [0, 0.05) is 21.7 Å². The highest BCUT2D eigenvalue weighted by atomic mass is 16.5. The zero-order valence-corrected chi connectivity index (χ0v) is 31.8. The van der Waals surface area contributed by atoms with Gasteiger partial charge in [-0.3, -0.25) is 0 Å². The van der Waals surface area contributed by atoms with Crippen LogP contribution in [0.4, 0.5) is 0 Å². The number of benzene rings is 10. The lowest BCUT2D eigenvalue weighted by atomic mass is 9.69. The molecule has 0 amide bonds. The number of hydrogen-bond acceptors (Lipinski definition) is 2. The van der Waals surface area contributed by atoms with E-state index < -0.39 is 5.41 Å². The third-order valence-corrected chi connectivity index (χ3v) is 13.5. The molecular formula is C57H32O2. The van der Waals surface area contributed by atoms with E-state index in [4.69, 9.17) is 9.15 Å². The standard InChI is InChI=1S/C57H32O2/c1-2-13-34-30-49-46(28-33(34)12-1)55-45(35-24-25-42-40-16-5-9-22-51(40)59-54(42)32-35)29-36(31-50(55)57(49)47-20-7-3-14-38(47)39-15-4-8-21-48(39)57)37-26-27-53-56-43(37)18-11-19-44(56)41-17-6-10-23-52(41)58-53/h1-32H. The Morgan fingerprint density at radius 2 is 1.00 bits per heavy atom. The van der Waals surface area contributed by atoms with Gasteiger partial charge in [-0.1, -0.05) is 140 Å². The Morgan fingerprint density at radius 1 is 0.322 bits per heavy atom. The summed E-state index contributed by atoms with van der Waals surface area (Å²) in [7, 11) is 0. The van der Waals surface area contributed by atoms with E-state index in [0.29, 0.717) is 0 Å². The van der Waals surface area contributed by atoms with Gasteiger partial charge in [0.2, 0.25) is 0 Å². The van der Waals surface area contributed by atoms with Crippen LogP contribution in [-0.2, 0) is 5.41 Å². The van der Waals surface area contributed by atoms with Gasteiger partial charge in [-0.2, -0.15) is 0 Å². The normalized spacial score (nSPS) is 13.7. The molecule has 11 aromatic rings. The second kappa shape index (κ2) is 11.2. The fraction of sp³-hybridized carbons (Fsp3) is 0.0175. The first-order valence-corrected chi connectivity index (χ1v) is 20.4. The summed E-state index contributed by atoms with van der Waals surface area (Å²) in [6.45, 7) is 0. The molecule has 0 saturated carbocycles. The number of hydrogen-bond donors (Lipinski definition) is 0. The van der Waals surface area contributed by atoms with Crippen molar-refractivity contribution < 1.29 is 9.15 Å². The van der Waals surface area contributed by atoms with Gasteiger partial charge >= 0.3 is 0 Å². The number of ether oxygens (including phenoxy) is 1. The predicted octanol–water partition coefficient (Wildman–Crippen LogP) is 15.3. The van der Waals surface area contributed by atoms with Crippen molar-refractivity contribution >= 4 is 43.5 Å². The van der Waals surface area contributed by atoms with Crippen LogP contribution >= 0.6 is 0 Å². The fourth-order valence-electron chi connectivity index (χ4n) is 11.1. The molecule has 2 heteroatoms. The second-order valence-corrected chi connectivity index (χ2v) is 16.3. The summed E-state index contributed by atoms with van der Waals surface area (Å²) in [5, 5.41) is 7.07. The van der Waals surface area contributed by atoms with Crippen molar-refractivity contribution in [3.8, 4) is 67.1 Å². The van der Waals surface area contributed by atoms with E-state index in [1.165, 1.54) is 82.9 Å². The maximum Gasteiger partial charge on any atom is 0.136 e. The highest BCUT2D eigenvalue weighted by Crippen LogP contribution is 2.65. The minimum absolute atomic E-state index is 0.537. The minimum Gasteiger partial charge on any atom is -0.456 e. The molecule has 272 valence electrons. The highest BCUT2D eigenvalue weighted by Gasteiger charge is 2.52. The van der Waals surface area contributed by atoms with Crippen molar-refractivity contribution in [2.75, 3.05) is 0 Å². The summed E-state index contributed by atoms with van der Waals surface area (Å²) >= 11 is 0. The Bertz CT molecular complexity index is 3610. The summed E-state index contributed by atoms with van der Waals surface area (Å²) in [4.78, 5) is 0. The third-order valence-electron chi connectivity index (χ3n) is 13.5. The maximum absolute atomic E-state index is 6.60.